The van der Waals surface area contributed by atoms with Crippen LogP contribution >= 0.6 is 27.5 Å². The van der Waals surface area contributed by atoms with E-state index in [2.05, 4.69) is 26.6 Å². The highest BCUT2D eigenvalue weighted by molar-refractivity contribution is 9.10. The summed E-state index contributed by atoms with van der Waals surface area (Å²) in [5.41, 5.74) is 3.56. The van der Waals surface area contributed by atoms with E-state index < -0.39 is 0 Å². The zero-order valence-corrected chi connectivity index (χ0v) is 13.6. The standard InChI is InChI=1S/C16H14BrClN2O/c17-13-7-6-10(9-14(13)18)20-16(21)12-3-1-5-15-11(12)4-2-8-19-15/h1,3,5-7,9,19H,2,4,8H2,(H,20,21). The lowest BCUT2D eigenvalue weighted by atomic mass is 9.97. The summed E-state index contributed by atoms with van der Waals surface area (Å²) >= 11 is 9.39. The van der Waals surface area contributed by atoms with E-state index >= 15 is 0 Å². The third kappa shape index (κ3) is 3.06. The molecule has 0 aliphatic carbocycles. The first-order chi connectivity index (χ1) is 10.1. The number of amides is 1. The molecule has 0 aromatic heterocycles. The van der Waals surface area contributed by atoms with Crippen molar-refractivity contribution in [2.24, 2.45) is 0 Å². The lowest BCUT2D eigenvalue weighted by Crippen LogP contribution is -2.19. The van der Waals surface area contributed by atoms with E-state index in [4.69, 9.17) is 11.6 Å². The van der Waals surface area contributed by atoms with Crippen LogP contribution in [0.3, 0.4) is 0 Å². The fraction of sp³-hybridized carbons (Fsp3) is 0.188. The van der Waals surface area contributed by atoms with Gasteiger partial charge < -0.3 is 10.6 Å². The highest BCUT2D eigenvalue weighted by atomic mass is 79.9. The quantitative estimate of drug-likeness (QED) is 0.809. The molecule has 1 aliphatic rings. The van der Waals surface area contributed by atoms with Crippen LogP contribution in [-0.2, 0) is 6.42 Å². The van der Waals surface area contributed by atoms with E-state index in [0.717, 1.165) is 40.7 Å². The maximum absolute atomic E-state index is 12.5. The second-order valence-electron chi connectivity index (χ2n) is 4.95. The summed E-state index contributed by atoms with van der Waals surface area (Å²) in [7, 11) is 0. The highest BCUT2D eigenvalue weighted by Gasteiger charge is 2.17. The largest absolute Gasteiger partial charge is 0.385 e. The van der Waals surface area contributed by atoms with Crippen LogP contribution in [0.2, 0.25) is 5.02 Å². The van der Waals surface area contributed by atoms with Crippen LogP contribution in [0.1, 0.15) is 22.3 Å². The molecule has 0 bridgehead atoms. The SMILES string of the molecule is O=C(Nc1ccc(Br)c(Cl)c1)c1cccc2c1CCCN2. The summed E-state index contributed by atoms with van der Waals surface area (Å²) in [6.45, 7) is 0.959. The van der Waals surface area contributed by atoms with Gasteiger partial charge in [0.1, 0.15) is 0 Å². The Hall–Kier alpha value is -1.52. The third-order valence-corrected chi connectivity index (χ3v) is 4.75. The summed E-state index contributed by atoms with van der Waals surface area (Å²) < 4.78 is 0.809. The summed E-state index contributed by atoms with van der Waals surface area (Å²) in [5, 5.41) is 6.81. The average molecular weight is 366 g/mol. The Morgan fingerprint density at radius 1 is 1.29 bits per heavy atom. The van der Waals surface area contributed by atoms with Crippen molar-refractivity contribution in [2.75, 3.05) is 17.2 Å². The molecule has 0 unspecified atom stereocenters. The minimum atomic E-state index is -0.103. The van der Waals surface area contributed by atoms with Crippen molar-refractivity contribution in [1.82, 2.24) is 0 Å². The zero-order chi connectivity index (χ0) is 14.8. The second kappa shape index (κ2) is 6.08. The molecule has 0 saturated carbocycles. The number of carbonyl (C=O) groups excluding carboxylic acids is 1. The minimum Gasteiger partial charge on any atom is -0.385 e. The summed E-state index contributed by atoms with van der Waals surface area (Å²) in [4.78, 5) is 12.5. The molecular weight excluding hydrogens is 352 g/mol. The summed E-state index contributed by atoms with van der Waals surface area (Å²) in [6, 6.07) is 11.2. The number of hydrogen-bond acceptors (Lipinski definition) is 2. The van der Waals surface area contributed by atoms with Crippen LogP contribution in [0.5, 0.6) is 0 Å². The maximum Gasteiger partial charge on any atom is 0.256 e. The molecule has 5 heteroatoms. The molecule has 0 radical (unpaired) electrons. The Balaban J connectivity index is 1.87. The van der Waals surface area contributed by atoms with Crippen molar-refractivity contribution in [1.29, 1.82) is 0 Å². The predicted molar refractivity (Wildman–Crippen MR) is 90.4 cm³/mol. The molecule has 3 nitrogen and oxygen atoms in total. The molecule has 1 amide bonds. The van der Waals surface area contributed by atoms with Crippen molar-refractivity contribution in [3.05, 3.63) is 57.0 Å². The van der Waals surface area contributed by atoms with E-state index in [0.29, 0.717) is 10.7 Å². The van der Waals surface area contributed by atoms with Crippen molar-refractivity contribution in [3.8, 4) is 0 Å². The van der Waals surface area contributed by atoms with E-state index in [-0.39, 0.29) is 5.91 Å². The van der Waals surface area contributed by atoms with E-state index in [1.165, 1.54) is 0 Å². The molecule has 2 N–H and O–H groups in total. The van der Waals surface area contributed by atoms with E-state index in [1.54, 1.807) is 6.07 Å². The van der Waals surface area contributed by atoms with Crippen LogP contribution in [0.25, 0.3) is 0 Å². The highest BCUT2D eigenvalue weighted by Crippen LogP contribution is 2.28. The van der Waals surface area contributed by atoms with Crippen LogP contribution in [0.4, 0.5) is 11.4 Å². The van der Waals surface area contributed by atoms with Gasteiger partial charge in [0.25, 0.3) is 5.91 Å². The van der Waals surface area contributed by atoms with Crippen LogP contribution in [-0.4, -0.2) is 12.5 Å². The lowest BCUT2D eigenvalue weighted by Gasteiger charge is -2.20. The van der Waals surface area contributed by atoms with Gasteiger partial charge in [0.2, 0.25) is 0 Å². The number of benzene rings is 2. The first kappa shape index (κ1) is 14.4. The van der Waals surface area contributed by atoms with Gasteiger partial charge in [0, 0.05) is 28.0 Å². The van der Waals surface area contributed by atoms with Crippen LogP contribution in [0, 0.1) is 0 Å². The Labute approximate surface area is 136 Å². The van der Waals surface area contributed by atoms with Crippen LogP contribution in [0.15, 0.2) is 40.9 Å². The van der Waals surface area contributed by atoms with Crippen molar-refractivity contribution < 1.29 is 4.79 Å². The molecule has 0 spiro atoms. The summed E-state index contributed by atoms with van der Waals surface area (Å²) in [6.07, 6.45) is 1.97. The van der Waals surface area contributed by atoms with Gasteiger partial charge in [0.05, 0.1) is 5.02 Å². The number of carbonyl (C=O) groups is 1. The number of anilines is 2. The first-order valence-electron chi connectivity index (χ1n) is 6.77. The Morgan fingerprint density at radius 3 is 2.95 bits per heavy atom. The van der Waals surface area contributed by atoms with E-state index in [9.17, 15) is 4.79 Å². The smallest absolute Gasteiger partial charge is 0.256 e. The van der Waals surface area contributed by atoms with Gasteiger partial charge in [-0.3, -0.25) is 4.79 Å². The van der Waals surface area contributed by atoms with Crippen LogP contribution < -0.4 is 10.6 Å². The van der Waals surface area contributed by atoms with Gasteiger partial charge in [-0.1, -0.05) is 17.7 Å². The number of fused-ring (bicyclic) bond motifs is 1. The van der Waals surface area contributed by atoms with Crippen molar-refractivity contribution in [3.63, 3.8) is 0 Å². The molecular formula is C16H14BrClN2O. The zero-order valence-electron chi connectivity index (χ0n) is 11.2. The van der Waals surface area contributed by atoms with Crippen molar-refractivity contribution >= 4 is 44.8 Å². The number of hydrogen-bond donors (Lipinski definition) is 2. The number of nitrogens with one attached hydrogen (secondary N) is 2. The molecule has 108 valence electrons. The fourth-order valence-corrected chi connectivity index (χ4v) is 2.92. The molecule has 1 aliphatic heterocycles. The minimum absolute atomic E-state index is 0.103. The predicted octanol–water partition coefficient (Wildman–Crippen LogP) is 4.71. The van der Waals surface area contributed by atoms with Gasteiger partial charge >= 0.3 is 0 Å². The Bertz CT molecular complexity index is 703. The molecule has 3 rings (SSSR count). The monoisotopic (exact) mass is 364 g/mol. The second-order valence-corrected chi connectivity index (χ2v) is 6.21. The molecule has 2 aromatic rings. The van der Waals surface area contributed by atoms with E-state index in [1.807, 2.05) is 30.3 Å². The Kier molecular flexibility index (Phi) is 4.17. The normalized spacial score (nSPS) is 13.2. The van der Waals surface area contributed by atoms with Gasteiger partial charge in [-0.2, -0.15) is 0 Å². The van der Waals surface area contributed by atoms with Gasteiger partial charge in [-0.05, 0) is 64.7 Å². The fourth-order valence-electron chi connectivity index (χ4n) is 2.50. The number of halogens is 2. The molecule has 2 aromatic carbocycles. The third-order valence-electron chi connectivity index (χ3n) is 3.52. The molecule has 0 fully saturated rings. The van der Waals surface area contributed by atoms with Crippen molar-refractivity contribution in [2.45, 2.75) is 12.8 Å². The lowest BCUT2D eigenvalue weighted by molar-refractivity contribution is 0.102. The van der Waals surface area contributed by atoms with Gasteiger partial charge in [0.15, 0.2) is 0 Å². The van der Waals surface area contributed by atoms with Gasteiger partial charge in [-0.15, -0.1) is 0 Å². The topological polar surface area (TPSA) is 41.1 Å². The molecule has 1 heterocycles. The number of rotatable bonds is 2. The molecule has 0 atom stereocenters. The Morgan fingerprint density at radius 2 is 2.14 bits per heavy atom. The first-order valence-corrected chi connectivity index (χ1v) is 7.94. The molecule has 21 heavy (non-hydrogen) atoms. The molecule has 0 saturated heterocycles. The maximum atomic E-state index is 12.5. The van der Waals surface area contributed by atoms with Gasteiger partial charge in [-0.25, -0.2) is 0 Å². The average Bonchev–Trinajstić information content (AvgIpc) is 2.50. The summed E-state index contributed by atoms with van der Waals surface area (Å²) in [5.74, 6) is -0.103.